The topological polar surface area (TPSA) is 133 Å². The van der Waals surface area contributed by atoms with Crippen LogP contribution in [0.5, 0.6) is 0 Å². The summed E-state index contributed by atoms with van der Waals surface area (Å²) in [5, 5.41) is 18.0. The number of hydrogen-bond acceptors (Lipinski definition) is 9. The highest BCUT2D eigenvalue weighted by atomic mass is 32.1. The van der Waals surface area contributed by atoms with Gasteiger partial charge in [-0.2, -0.15) is 13.5 Å². The number of aliphatic hydroxyl groups excluding tert-OH is 1. The number of rotatable bonds is 15. The summed E-state index contributed by atoms with van der Waals surface area (Å²) in [5.41, 5.74) is 11.2. The smallest absolute Gasteiger partial charge is 0.407 e. The van der Waals surface area contributed by atoms with Crippen LogP contribution in [0, 0.1) is 12.8 Å². The van der Waals surface area contributed by atoms with E-state index in [1.807, 2.05) is 80.5 Å². The molecule has 0 radical (unpaired) electrons. The number of aliphatic hydroxyl groups is 1. The van der Waals surface area contributed by atoms with E-state index in [4.69, 9.17) is 10.5 Å². The van der Waals surface area contributed by atoms with Gasteiger partial charge in [0, 0.05) is 25.3 Å². The highest BCUT2D eigenvalue weighted by molar-refractivity contribution is 7.59. The Morgan fingerprint density at radius 2 is 1.77 bits per heavy atom. The molecule has 2 atom stereocenters. The Kier molecular flexibility index (Phi) is 14.5. The minimum Gasteiger partial charge on any atom is -0.445 e. The van der Waals surface area contributed by atoms with Crippen LogP contribution in [0.4, 0.5) is 15.6 Å². The third-order valence-corrected chi connectivity index (χ3v) is 8.36. The predicted octanol–water partition coefficient (Wildman–Crippen LogP) is 5.16. The maximum Gasteiger partial charge on any atom is 0.407 e. The van der Waals surface area contributed by atoms with E-state index in [1.54, 1.807) is 6.07 Å². The fraction of sp³-hybridized carbons (Fsp3) is 0.400. The number of ether oxygens (including phenoxy) is 1. The summed E-state index contributed by atoms with van der Waals surface area (Å²) in [4.78, 5) is 33.8. The van der Waals surface area contributed by atoms with Crippen LogP contribution in [0.25, 0.3) is 10.2 Å². The zero-order valence-electron chi connectivity index (χ0n) is 27.8. The third kappa shape index (κ3) is 12.1. The first-order valence-electron chi connectivity index (χ1n) is 15.5. The lowest BCUT2D eigenvalue weighted by molar-refractivity contribution is -0.116. The van der Waals surface area contributed by atoms with Crippen molar-refractivity contribution in [3.05, 3.63) is 89.0 Å². The van der Waals surface area contributed by atoms with Gasteiger partial charge in [0.05, 0.1) is 28.9 Å². The summed E-state index contributed by atoms with van der Waals surface area (Å²) in [7, 11) is 3.69. The van der Waals surface area contributed by atoms with Crippen molar-refractivity contribution in [1.82, 2.24) is 20.1 Å². The second kappa shape index (κ2) is 18.0. The molecule has 2 unspecified atom stereocenters. The van der Waals surface area contributed by atoms with E-state index in [0.29, 0.717) is 36.2 Å². The molecule has 1 aromatic heterocycles. The van der Waals surface area contributed by atoms with Crippen molar-refractivity contribution in [3.63, 3.8) is 0 Å². The summed E-state index contributed by atoms with van der Waals surface area (Å²) < 4.78 is 6.55. The molecular weight excluding hydrogens is 633 g/mol. The molecule has 3 aromatic carbocycles. The zero-order chi connectivity index (χ0) is 33.2. The van der Waals surface area contributed by atoms with Gasteiger partial charge in [0.2, 0.25) is 5.91 Å². The Balaban J connectivity index is 0.00000600. The first-order valence-corrected chi connectivity index (χ1v) is 16.3. The molecule has 0 aliphatic heterocycles. The maximum atomic E-state index is 13.0. The molecule has 4 aromatic rings. The molecule has 2 amide bonds. The Morgan fingerprint density at radius 3 is 2.45 bits per heavy atom. The number of carbonyl (C=O) groups is 2. The number of aryl methyl sites for hydroxylation is 1. The van der Waals surface area contributed by atoms with Crippen molar-refractivity contribution < 1.29 is 19.4 Å². The van der Waals surface area contributed by atoms with Gasteiger partial charge in [0.1, 0.15) is 6.61 Å². The van der Waals surface area contributed by atoms with Gasteiger partial charge in [-0.25, -0.2) is 9.78 Å². The lowest BCUT2D eigenvalue weighted by Crippen LogP contribution is -2.50. The zero-order valence-corrected chi connectivity index (χ0v) is 29.6. The van der Waals surface area contributed by atoms with Gasteiger partial charge in [0.25, 0.3) is 0 Å². The van der Waals surface area contributed by atoms with Gasteiger partial charge in [-0.15, -0.1) is 0 Å². The molecule has 0 aliphatic carbocycles. The molecule has 1 heterocycles. The van der Waals surface area contributed by atoms with E-state index in [1.165, 1.54) is 11.3 Å². The van der Waals surface area contributed by atoms with Crippen molar-refractivity contribution in [2.45, 2.75) is 52.5 Å². The van der Waals surface area contributed by atoms with E-state index >= 15 is 0 Å². The predicted molar refractivity (Wildman–Crippen MR) is 196 cm³/mol. The number of anilines is 2. The number of nitrogens with two attached hydrogens (primary N) is 1. The molecule has 10 nitrogen and oxygen atoms in total. The van der Waals surface area contributed by atoms with Crippen molar-refractivity contribution >= 4 is 57.9 Å². The second-order valence-electron chi connectivity index (χ2n) is 12.5. The number of likely N-dealkylation sites (N-methyl/N-ethyl adjacent to an activating group) is 1. The molecule has 5 N–H and O–H groups in total. The van der Waals surface area contributed by atoms with Crippen LogP contribution in [-0.2, 0) is 29.1 Å². The molecule has 0 fully saturated rings. The fourth-order valence-electron chi connectivity index (χ4n) is 5.31. The number of alkyl carbamates (subject to hydrolysis) is 1. The van der Waals surface area contributed by atoms with Crippen molar-refractivity contribution in [3.8, 4) is 0 Å². The number of nitrogens with zero attached hydrogens (tertiary/aromatic N) is 3. The number of aromatic nitrogens is 1. The number of thiazole rings is 1. The Bertz CT molecular complexity index is 1600. The molecule has 0 bridgehead atoms. The van der Waals surface area contributed by atoms with Crippen LogP contribution in [0.15, 0.2) is 66.7 Å². The molecule has 4 rings (SSSR count). The SMILES string of the molecule is Cc1cc(N)ccc1COC(=O)NC(Cc1ccccc1)C(O)CN(Cc1ccc2nc(NC(=O)CN(C)C)sc2c1)CC(C)C.S. The summed E-state index contributed by atoms with van der Waals surface area (Å²) in [6, 6.07) is 20.8. The minimum absolute atomic E-state index is 0. The number of amides is 2. The van der Waals surface area contributed by atoms with Gasteiger partial charge in [-0.1, -0.05) is 67.6 Å². The molecule has 0 saturated heterocycles. The van der Waals surface area contributed by atoms with Crippen LogP contribution in [-0.4, -0.2) is 77.8 Å². The summed E-state index contributed by atoms with van der Waals surface area (Å²) in [5.74, 6) is 0.246. The number of benzene rings is 3. The molecule has 0 aliphatic rings. The van der Waals surface area contributed by atoms with Crippen molar-refractivity contribution in [2.24, 2.45) is 5.92 Å². The number of nitrogen functional groups attached to an aromatic ring is 1. The van der Waals surface area contributed by atoms with Gasteiger partial charge >= 0.3 is 6.09 Å². The van der Waals surface area contributed by atoms with Crippen molar-refractivity contribution in [2.75, 3.05) is 44.8 Å². The van der Waals surface area contributed by atoms with Crippen LogP contribution in [0.2, 0.25) is 0 Å². The Labute approximate surface area is 288 Å². The standard InChI is InChI=1S/C35H46N6O4S.H2S/c1-23(2)18-41(19-26-11-14-29-32(17-26)46-34(37-29)39-33(43)21-40(4)5)20-31(42)30(16-25-9-7-6-8-10-25)38-35(44)45-22-27-12-13-28(36)15-24(27)3;/h6-15,17,23,30-31,42H,16,18-22,36H2,1-5H3,(H,38,44)(H,37,39,43);1H2. The monoisotopic (exact) mass is 680 g/mol. The first kappa shape index (κ1) is 37.8. The van der Waals surface area contributed by atoms with Gasteiger partial charge in [-0.05, 0) is 79.9 Å². The normalized spacial score (nSPS) is 12.6. The van der Waals surface area contributed by atoms with Gasteiger partial charge in [0.15, 0.2) is 5.13 Å². The molecular formula is C35H48N6O4S2. The van der Waals surface area contributed by atoms with E-state index in [0.717, 1.165) is 39.0 Å². The number of carbonyl (C=O) groups excluding carboxylic acids is 2. The Morgan fingerprint density at radius 1 is 1.02 bits per heavy atom. The minimum atomic E-state index is -0.865. The molecule has 0 saturated carbocycles. The number of hydrogen-bond donors (Lipinski definition) is 4. The first-order chi connectivity index (χ1) is 21.9. The number of nitrogens with one attached hydrogen (secondary N) is 2. The largest absolute Gasteiger partial charge is 0.445 e. The van der Waals surface area contributed by atoms with E-state index < -0.39 is 18.2 Å². The van der Waals surface area contributed by atoms with E-state index in [9.17, 15) is 14.7 Å². The van der Waals surface area contributed by atoms with E-state index in [2.05, 4.69) is 40.4 Å². The van der Waals surface area contributed by atoms with Crippen molar-refractivity contribution in [1.29, 1.82) is 0 Å². The van der Waals surface area contributed by atoms with E-state index in [-0.39, 0.29) is 32.6 Å². The van der Waals surface area contributed by atoms with Crippen LogP contribution in [0.3, 0.4) is 0 Å². The van der Waals surface area contributed by atoms with Crippen LogP contribution >= 0.6 is 24.8 Å². The van der Waals surface area contributed by atoms with Crippen LogP contribution < -0.4 is 16.4 Å². The quantitative estimate of drug-likeness (QED) is 0.127. The lowest BCUT2D eigenvalue weighted by Gasteiger charge is -2.31. The molecule has 254 valence electrons. The fourth-order valence-corrected chi connectivity index (χ4v) is 6.25. The molecule has 0 spiro atoms. The third-order valence-electron chi connectivity index (χ3n) is 7.43. The Hall–Kier alpha value is -3.68. The summed E-state index contributed by atoms with van der Waals surface area (Å²) in [6.45, 7) is 8.30. The molecule has 12 heteroatoms. The average molecular weight is 681 g/mol. The highest BCUT2D eigenvalue weighted by Gasteiger charge is 2.25. The average Bonchev–Trinajstić information content (AvgIpc) is 3.37. The second-order valence-corrected chi connectivity index (χ2v) is 13.5. The summed E-state index contributed by atoms with van der Waals surface area (Å²) in [6.07, 6.45) is -1.01. The number of fused-ring (bicyclic) bond motifs is 1. The van der Waals surface area contributed by atoms with Crippen LogP contribution in [0.1, 0.15) is 36.1 Å². The van der Waals surface area contributed by atoms with Gasteiger partial charge in [-0.3, -0.25) is 9.69 Å². The lowest BCUT2D eigenvalue weighted by atomic mass is 10.0. The molecule has 47 heavy (non-hydrogen) atoms. The maximum absolute atomic E-state index is 13.0. The summed E-state index contributed by atoms with van der Waals surface area (Å²) >= 11 is 1.44. The highest BCUT2D eigenvalue weighted by Crippen LogP contribution is 2.27. The van der Waals surface area contributed by atoms with Gasteiger partial charge < -0.3 is 31.1 Å².